The van der Waals surface area contributed by atoms with Gasteiger partial charge in [0, 0.05) is 11.0 Å². The summed E-state index contributed by atoms with van der Waals surface area (Å²) in [6, 6.07) is 0. The normalized spacial score (nSPS) is 12.4. The summed E-state index contributed by atoms with van der Waals surface area (Å²) in [7, 11) is 0. The zero-order chi connectivity index (χ0) is 11.4. The highest BCUT2D eigenvalue weighted by atomic mass is 16.5. The van der Waals surface area contributed by atoms with Crippen molar-refractivity contribution in [3.63, 3.8) is 0 Å². The highest BCUT2D eigenvalue weighted by Crippen LogP contribution is 2.13. The molecular formula is C10H21NO3. The van der Waals surface area contributed by atoms with Gasteiger partial charge in [-0.1, -0.05) is 13.8 Å². The Kier molecular flexibility index (Phi) is 4.39. The third kappa shape index (κ3) is 6.71. The summed E-state index contributed by atoms with van der Waals surface area (Å²) in [5.41, 5.74) is -0.671. The van der Waals surface area contributed by atoms with Gasteiger partial charge < -0.3 is 15.2 Å². The standard InChI is InChI=1S/C10H21NO3/c1-9(2,3)11-8(13)14-7-10(4,5)6-12/h12H,6-7H2,1-5H3,(H,11,13). The molecule has 4 heteroatoms. The summed E-state index contributed by atoms with van der Waals surface area (Å²) < 4.78 is 4.96. The van der Waals surface area contributed by atoms with Crippen LogP contribution in [0.5, 0.6) is 0 Å². The largest absolute Gasteiger partial charge is 0.449 e. The lowest BCUT2D eigenvalue weighted by molar-refractivity contribution is 0.0579. The van der Waals surface area contributed by atoms with Gasteiger partial charge in [-0.25, -0.2) is 4.79 Å². The predicted molar refractivity (Wildman–Crippen MR) is 55.1 cm³/mol. The van der Waals surface area contributed by atoms with Crippen LogP contribution in [-0.4, -0.2) is 30.0 Å². The molecule has 0 bridgehead atoms. The van der Waals surface area contributed by atoms with Gasteiger partial charge in [0.05, 0.1) is 6.61 Å². The van der Waals surface area contributed by atoms with Crippen molar-refractivity contribution in [3.8, 4) is 0 Å². The van der Waals surface area contributed by atoms with Crippen LogP contribution < -0.4 is 5.32 Å². The quantitative estimate of drug-likeness (QED) is 0.731. The average molecular weight is 203 g/mol. The van der Waals surface area contributed by atoms with Gasteiger partial charge in [-0.15, -0.1) is 0 Å². The molecule has 0 aromatic rings. The SMILES string of the molecule is CC(C)(CO)COC(=O)NC(C)(C)C. The highest BCUT2D eigenvalue weighted by Gasteiger charge is 2.21. The molecule has 0 fully saturated rings. The lowest BCUT2D eigenvalue weighted by atomic mass is 9.97. The van der Waals surface area contributed by atoms with Crippen molar-refractivity contribution in [2.75, 3.05) is 13.2 Å². The Hall–Kier alpha value is -0.770. The van der Waals surface area contributed by atoms with Gasteiger partial charge >= 0.3 is 6.09 Å². The number of aliphatic hydroxyl groups excluding tert-OH is 1. The molecule has 0 heterocycles. The van der Waals surface area contributed by atoms with Crippen LogP contribution in [0.1, 0.15) is 34.6 Å². The van der Waals surface area contributed by atoms with E-state index < -0.39 is 6.09 Å². The lowest BCUT2D eigenvalue weighted by Gasteiger charge is -2.24. The van der Waals surface area contributed by atoms with Crippen LogP contribution in [0.4, 0.5) is 4.79 Å². The number of rotatable bonds is 3. The number of nitrogens with one attached hydrogen (secondary N) is 1. The number of amides is 1. The molecule has 0 radical (unpaired) electrons. The Morgan fingerprint density at radius 2 is 1.79 bits per heavy atom. The summed E-state index contributed by atoms with van der Waals surface area (Å²) in [6.07, 6.45) is -0.445. The van der Waals surface area contributed by atoms with Gasteiger partial charge in [-0.05, 0) is 20.8 Å². The molecule has 0 aliphatic rings. The molecule has 14 heavy (non-hydrogen) atoms. The van der Waals surface area contributed by atoms with Crippen LogP contribution in [-0.2, 0) is 4.74 Å². The Bertz CT molecular complexity index is 194. The maximum atomic E-state index is 11.2. The Labute approximate surface area is 85.6 Å². The number of hydrogen-bond acceptors (Lipinski definition) is 3. The molecule has 0 aromatic carbocycles. The van der Waals surface area contributed by atoms with Gasteiger partial charge in [0.2, 0.25) is 0 Å². The molecule has 0 aromatic heterocycles. The fraction of sp³-hybridized carbons (Fsp3) is 0.900. The second kappa shape index (κ2) is 4.64. The summed E-state index contributed by atoms with van der Waals surface area (Å²) >= 11 is 0. The first-order valence-electron chi connectivity index (χ1n) is 4.72. The van der Waals surface area contributed by atoms with Gasteiger partial charge in [-0.3, -0.25) is 0 Å². The molecule has 0 saturated carbocycles. The number of ether oxygens (including phenoxy) is 1. The Morgan fingerprint density at radius 3 is 2.14 bits per heavy atom. The maximum Gasteiger partial charge on any atom is 0.407 e. The van der Waals surface area contributed by atoms with Crippen molar-refractivity contribution in [1.29, 1.82) is 0 Å². The molecule has 0 rings (SSSR count). The van der Waals surface area contributed by atoms with Gasteiger partial charge in [0.15, 0.2) is 0 Å². The van der Waals surface area contributed by atoms with E-state index in [-0.39, 0.29) is 24.2 Å². The van der Waals surface area contributed by atoms with E-state index in [2.05, 4.69) is 5.32 Å². The smallest absolute Gasteiger partial charge is 0.407 e. The Morgan fingerprint density at radius 1 is 1.29 bits per heavy atom. The van der Waals surface area contributed by atoms with Crippen LogP contribution in [0, 0.1) is 5.41 Å². The molecule has 0 atom stereocenters. The van der Waals surface area contributed by atoms with Crippen LogP contribution in [0.15, 0.2) is 0 Å². The van der Waals surface area contributed by atoms with Crippen LogP contribution in [0.25, 0.3) is 0 Å². The Balaban J connectivity index is 3.87. The molecule has 2 N–H and O–H groups in total. The van der Waals surface area contributed by atoms with Gasteiger partial charge in [-0.2, -0.15) is 0 Å². The molecular weight excluding hydrogens is 182 g/mol. The summed E-state index contributed by atoms with van der Waals surface area (Å²) in [4.78, 5) is 11.2. The van der Waals surface area contributed by atoms with E-state index in [1.54, 1.807) is 0 Å². The number of alkyl carbamates (subject to hydrolysis) is 1. The van der Waals surface area contributed by atoms with E-state index in [4.69, 9.17) is 9.84 Å². The number of carbonyl (C=O) groups excluding carboxylic acids is 1. The second-order valence-corrected chi connectivity index (χ2v) is 5.27. The topological polar surface area (TPSA) is 58.6 Å². The molecule has 0 unspecified atom stereocenters. The fourth-order valence-electron chi connectivity index (χ4n) is 0.649. The van der Waals surface area contributed by atoms with Crippen molar-refractivity contribution in [3.05, 3.63) is 0 Å². The molecule has 0 aliphatic heterocycles. The predicted octanol–water partition coefficient (Wildman–Crippen LogP) is 1.53. The van der Waals surface area contributed by atoms with E-state index >= 15 is 0 Å². The third-order valence-electron chi connectivity index (χ3n) is 1.50. The van der Waals surface area contributed by atoms with Crippen molar-refractivity contribution in [2.45, 2.75) is 40.2 Å². The van der Waals surface area contributed by atoms with E-state index in [1.165, 1.54) is 0 Å². The van der Waals surface area contributed by atoms with Crippen molar-refractivity contribution in [1.82, 2.24) is 5.32 Å². The highest BCUT2D eigenvalue weighted by molar-refractivity contribution is 5.68. The van der Waals surface area contributed by atoms with E-state index in [9.17, 15) is 4.79 Å². The molecule has 4 nitrogen and oxygen atoms in total. The number of aliphatic hydroxyl groups is 1. The first kappa shape index (κ1) is 13.2. The second-order valence-electron chi connectivity index (χ2n) is 5.27. The molecule has 0 aliphatic carbocycles. The monoisotopic (exact) mass is 203 g/mol. The number of carbonyl (C=O) groups is 1. The van der Waals surface area contributed by atoms with E-state index in [0.717, 1.165) is 0 Å². The van der Waals surface area contributed by atoms with Crippen LogP contribution in [0.3, 0.4) is 0 Å². The number of hydrogen-bond donors (Lipinski definition) is 2. The van der Waals surface area contributed by atoms with E-state index in [1.807, 2.05) is 34.6 Å². The van der Waals surface area contributed by atoms with Crippen LogP contribution in [0.2, 0.25) is 0 Å². The molecule has 1 amide bonds. The van der Waals surface area contributed by atoms with Crippen molar-refractivity contribution < 1.29 is 14.6 Å². The molecule has 0 saturated heterocycles. The first-order chi connectivity index (χ1) is 6.16. The van der Waals surface area contributed by atoms with Crippen LogP contribution >= 0.6 is 0 Å². The lowest BCUT2D eigenvalue weighted by Crippen LogP contribution is -2.42. The van der Waals surface area contributed by atoms with Gasteiger partial charge in [0.25, 0.3) is 0 Å². The minimum atomic E-state index is -0.445. The third-order valence-corrected chi connectivity index (χ3v) is 1.50. The first-order valence-corrected chi connectivity index (χ1v) is 4.72. The summed E-state index contributed by atoms with van der Waals surface area (Å²) in [5.74, 6) is 0. The summed E-state index contributed by atoms with van der Waals surface area (Å²) in [5, 5.41) is 11.6. The minimum Gasteiger partial charge on any atom is -0.449 e. The zero-order valence-electron chi connectivity index (χ0n) is 9.68. The fourth-order valence-corrected chi connectivity index (χ4v) is 0.649. The minimum absolute atomic E-state index is 0.00417. The molecule has 84 valence electrons. The zero-order valence-corrected chi connectivity index (χ0v) is 9.68. The maximum absolute atomic E-state index is 11.2. The van der Waals surface area contributed by atoms with Crippen molar-refractivity contribution in [2.24, 2.45) is 5.41 Å². The van der Waals surface area contributed by atoms with Crippen molar-refractivity contribution >= 4 is 6.09 Å². The van der Waals surface area contributed by atoms with Gasteiger partial charge in [0.1, 0.15) is 6.61 Å². The summed E-state index contributed by atoms with van der Waals surface area (Å²) in [6.45, 7) is 9.51. The molecule has 0 spiro atoms. The average Bonchev–Trinajstić information content (AvgIpc) is 1.98. The van der Waals surface area contributed by atoms with E-state index in [0.29, 0.717) is 0 Å².